The molecular formula is C23H28N4O2S. The number of nitrogen functional groups attached to an aromatic ring is 2. The highest BCUT2D eigenvalue weighted by atomic mass is 32.1. The van der Waals surface area contributed by atoms with Crippen molar-refractivity contribution >= 4 is 39.7 Å². The van der Waals surface area contributed by atoms with Crippen LogP contribution in [0.25, 0.3) is 11.1 Å². The molecule has 30 heavy (non-hydrogen) atoms. The second-order valence-corrected chi connectivity index (χ2v) is 7.75. The van der Waals surface area contributed by atoms with E-state index in [2.05, 4.69) is 24.1 Å². The van der Waals surface area contributed by atoms with Gasteiger partial charge in [-0.3, -0.25) is 4.79 Å². The molecule has 0 aliphatic heterocycles. The molecule has 0 saturated heterocycles. The Morgan fingerprint density at radius 3 is 2.07 bits per heavy atom. The molecule has 0 bridgehead atoms. The van der Waals surface area contributed by atoms with E-state index in [1.165, 1.54) is 49.2 Å². The van der Waals surface area contributed by atoms with Crippen LogP contribution in [-0.2, 0) is 0 Å². The highest BCUT2D eigenvalue weighted by molar-refractivity contribution is 7.18. The van der Waals surface area contributed by atoms with Gasteiger partial charge in [-0.15, -0.1) is 21.6 Å². The standard InChI is InChI=1S/C17H14N4O2S.C6H14/c18-11-3-5-12(6-4-11)20-21-17-16(19)15(14(9-22)24-17)10-1-7-13(23)8-2-10;1-3-5-6-4-2/h1-9,23H,18-19H2;3-6H2,1-2H3. The van der Waals surface area contributed by atoms with Crippen molar-refractivity contribution in [1.29, 1.82) is 0 Å². The number of azo groups is 1. The van der Waals surface area contributed by atoms with Gasteiger partial charge in [0.25, 0.3) is 0 Å². The number of phenolic OH excluding ortho intramolecular Hbond substituents is 1. The fraction of sp³-hybridized carbons (Fsp3) is 0.261. The summed E-state index contributed by atoms with van der Waals surface area (Å²) in [5, 5.41) is 18.1. The average molecular weight is 425 g/mol. The van der Waals surface area contributed by atoms with Crippen molar-refractivity contribution in [2.75, 3.05) is 11.5 Å². The summed E-state index contributed by atoms with van der Waals surface area (Å²) in [5.74, 6) is 0.142. The van der Waals surface area contributed by atoms with Crippen molar-refractivity contribution in [2.45, 2.75) is 39.5 Å². The Kier molecular flexibility index (Phi) is 9.03. The van der Waals surface area contributed by atoms with Gasteiger partial charge in [-0.05, 0) is 42.0 Å². The van der Waals surface area contributed by atoms with E-state index in [1.54, 1.807) is 36.4 Å². The van der Waals surface area contributed by atoms with Gasteiger partial charge < -0.3 is 16.6 Å². The highest BCUT2D eigenvalue weighted by Crippen LogP contribution is 2.44. The Labute approximate surface area is 181 Å². The molecule has 0 aliphatic carbocycles. The van der Waals surface area contributed by atoms with Gasteiger partial charge in [-0.1, -0.05) is 51.7 Å². The van der Waals surface area contributed by atoms with Crippen LogP contribution in [0.2, 0.25) is 0 Å². The quantitative estimate of drug-likeness (QED) is 0.162. The van der Waals surface area contributed by atoms with Gasteiger partial charge >= 0.3 is 0 Å². The Balaban J connectivity index is 0.000000469. The van der Waals surface area contributed by atoms with E-state index in [9.17, 15) is 9.90 Å². The first-order chi connectivity index (χ1) is 14.5. The second-order valence-electron chi connectivity index (χ2n) is 6.72. The number of hydrogen-bond donors (Lipinski definition) is 3. The number of rotatable bonds is 7. The van der Waals surface area contributed by atoms with E-state index >= 15 is 0 Å². The summed E-state index contributed by atoms with van der Waals surface area (Å²) >= 11 is 1.17. The summed E-state index contributed by atoms with van der Waals surface area (Å²) in [6, 6.07) is 13.4. The number of hydrogen-bond acceptors (Lipinski definition) is 7. The normalized spacial score (nSPS) is 10.6. The molecule has 0 saturated carbocycles. The SMILES string of the molecule is CCCCCC.Nc1ccc(N=Nc2sc(C=O)c(-c3ccc(O)cc3)c2N)cc1. The molecule has 5 N–H and O–H groups in total. The molecule has 1 heterocycles. The van der Waals surface area contributed by atoms with Crippen molar-refractivity contribution in [3.63, 3.8) is 0 Å². The molecule has 1 aromatic heterocycles. The number of nitrogens with two attached hydrogens (primary N) is 2. The predicted molar refractivity (Wildman–Crippen MR) is 126 cm³/mol. The lowest BCUT2D eigenvalue weighted by Crippen LogP contribution is -1.88. The van der Waals surface area contributed by atoms with Crippen LogP contribution >= 0.6 is 11.3 Å². The minimum atomic E-state index is 0.142. The van der Waals surface area contributed by atoms with Crippen LogP contribution in [-0.4, -0.2) is 11.4 Å². The number of benzene rings is 2. The largest absolute Gasteiger partial charge is 0.508 e. The number of carbonyl (C=O) groups is 1. The summed E-state index contributed by atoms with van der Waals surface area (Å²) in [7, 11) is 0. The van der Waals surface area contributed by atoms with Gasteiger partial charge in [-0.25, -0.2) is 0 Å². The zero-order chi connectivity index (χ0) is 21.9. The summed E-state index contributed by atoms with van der Waals surface area (Å²) in [6.07, 6.45) is 6.28. The molecule has 0 spiro atoms. The maximum absolute atomic E-state index is 11.4. The van der Waals surface area contributed by atoms with Crippen LogP contribution in [0.1, 0.15) is 49.2 Å². The van der Waals surface area contributed by atoms with E-state index in [1.807, 2.05) is 0 Å². The van der Waals surface area contributed by atoms with Crippen molar-refractivity contribution < 1.29 is 9.90 Å². The van der Waals surface area contributed by atoms with Crippen molar-refractivity contribution in [1.82, 2.24) is 0 Å². The number of carbonyl (C=O) groups excluding carboxylic acids is 1. The molecule has 0 unspecified atom stereocenters. The predicted octanol–water partition coefficient (Wildman–Crippen LogP) is 7.10. The van der Waals surface area contributed by atoms with Crippen molar-refractivity contribution in [2.24, 2.45) is 10.2 Å². The molecule has 0 amide bonds. The Morgan fingerprint density at radius 2 is 1.53 bits per heavy atom. The first kappa shape index (κ1) is 23.1. The fourth-order valence-corrected chi connectivity index (χ4v) is 3.56. The molecule has 3 rings (SSSR count). The lowest BCUT2D eigenvalue weighted by molar-refractivity contribution is 0.112. The van der Waals surface area contributed by atoms with Gasteiger partial charge in [0.15, 0.2) is 11.3 Å². The van der Waals surface area contributed by atoms with E-state index < -0.39 is 0 Å². The van der Waals surface area contributed by atoms with Gasteiger partial charge in [0.05, 0.1) is 16.3 Å². The maximum atomic E-state index is 11.4. The number of aldehydes is 1. The molecule has 0 aliphatic rings. The number of phenols is 1. The van der Waals surface area contributed by atoms with Gasteiger partial charge in [0, 0.05) is 11.3 Å². The molecule has 158 valence electrons. The molecule has 3 aromatic rings. The number of nitrogens with zero attached hydrogens (tertiary/aromatic N) is 2. The van der Waals surface area contributed by atoms with Crippen LogP contribution in [0, 0.1) is 0 Å². The highest BCUT2D eigenvalue weighted by Gasteiger charge is 2.17. The molecule has 7 heteroatoms. The topological polar surface area (TPSA) is 114 Å². The summed E-state index contributed by atoms with van der Waals surface area (Å²) in [6.45, 7) is 4.46. The van der Waals surface area contributed by atoms with Crippen molar-refractivity contribution in [3.8, 4) is 16.9 Å². The maximum Gasteiger partial charge on any atom is 0.163 e. The van der Waals surface area contributed by atoms with Crippen molar-refractivity contribution in [3.05, 3.63) is 53.4 Å². The van der Waals surface area contributed by atoms with Crippen LogP contribution in [0.3, 0.4) is 0 Å². The van der Waals surface area contributed by atoms with Gasteiger partial charge in [-0.2, -0.15) is 0 Å². The Morgan fingerprint density at radius 1 is 0.933 bits per heavy atom. The van der Waals surface area contributed by atoms with Crippen LogP contribution in [0.5, 0.6) is 5.75 Å². The third-order valence-electron chi connectivity index (χ3n) is 4.32. The molecule has 0 radical (unpaired) electrons. The van der Waals surface area contributed by atoms with E-state index in [4.69, 9.17) is 11.5 Å². The Hall–Kier alpha value is -3.19. The summed E-state index contributed by atoms with van der Waals surface area (Å²) < 4.78 is 0. The fourth-order valence-electron chi connectivity index (χ4n) is 2.68. The number of aromatic hydroxyl groups is 1. The van der Waals surface area contributed by atoms with Crippen LogP contribution in [0.4, 0.5) is 22.1 Å². The molecule has 2 aromatic carbocycles. The van der Waals surface area contributed by atoms with E-state index in [0.29, 0.717) is 32.5 Å². The Bertz CT molecular complexity index is 960. The molecule has 0 fully saturated rings. The number of anilines is 2. The first-order valence-electron chi connectivity index (χ1n) is 9.94. The number of thiophene rings is 1. The summed E-state index contributed by atoms with van der Waals surface area (Å²) in [5.41, 5.74) is 14.8. The average Bonchev–Trinajstić information content (AvgIpc) is 3.08. The van der Waals surface area contributed by atoms with E-state index in [-0.39, 0.29) is 5.75 Å². The number of unbranched alkanes of at least 4 members (excludes halogenated alkanes) is 3. The molecule has 0 atom stereocenters. The zero-order valence-electron chi connectivity index (χ0n) is 17.3. The third kappa shape index (κ3) is 6.42. The second kappa shape index (κ2) is 11.7. The van der Waals surface area contributed by atoms with Gasteiger partial charge in [0.1, 0.15) is 5.75 Å². The molecular weight excluding hydrogens is 396 g/mol. The minimum absolute atomic E-state index is 0.142. The first-order valence-corrected chi connectivity index (χ1v) is 10.8. The third-order valence-corrected chi connectivity index (χ3v) is 5.34. The van der Waals surface area contributed by atoms with Gasteiger partial charge in [0.2, 0.25) is 0 Å². The monoisotopic (exact) mass is 424 g/mol. The lowest BCUT2D eigenvalue weighted by Gasteiger charge is -2.02. The lowest BCUT2D eigenvalue weighted by atomic mass is 10.1. The van der Waals surface area contributed by atoms with Crippen LogP contribution in [0.15, 0.2) is 58.8 Å². The summed E-state index contributed by atoms with van der Waals surface area (Å²) in [4.78, 5) is 11.8. The van der Waals surface area contributed by atoms with E-state index in [0.717, 1.165) is 11.8 Å². The van der Waals surface area contributed by atoms with Crippen LogP contribution < -0.4 is 11.5 Å². The zero-order valence-corrected chi connectivity index (χ0v) is 18.2. The molecule has 6 nitrogen and oxygen atoms in total. The minimum Gasteiger partial charge on any atom is -0.508 e. The smallest absolute Gasteiger partial charge is 0.163 e.